The molecular formula is C13H25O4P. The van der Waals surface area contributed by atoms with Crippen molar-refractivity contribution >= 4 is 19.5 Å². The standard InChI is InChI=1S/C13H25O4P/c1-11(2)9-16-6-8-18(15)7-5-13(14)17-10-12(3)4/h7,11-12H,5-6,8-10H2,1-4H3. The Morgan fingerprint density at radius 1 is 1.22 bits per heavy atom. The Hall–Kier alpha value is -0.440. The maximum absolute atomic E-state index is 11.5. The summed E-state index contributed by atoms with van der Waals surface area (Å²) in [6, 6.07) is 0. The van der Waals surface area contributed by atoms with E-state index < -0.39 is 7.77 Å². The van der Waals surface area contributed by atoms with Crippen LogP contribution in [0.1, 0.15) is 34.1 Å². The molecule has 0 rings (SSSR count). The van der Waals surface area contributed by atoms with E-state index in [1.165, 1.54) is 5.80 Å². The van der Waals surface area contributed by atoms with Crippen molar-refractivity contribution in [2.24, 2.45) is 11.8 Å². The van der Waals surface area contributed by atoms with Gasteiger partial charge in [0.2, 0.25) is 0 Å². The van der Waals surface area contributed by atoms with E-state index in [1.807, 2.05) is 13.8 Å². The van der Waals surface area contributed by atoms with Crippen LogP contribution in [0.3, 0.4) is 0 Å². The zero-order valence-electron chi connectivity index (χ0n) is 11.8. The van der Waals surface area contributed by atoms with E-state index in [0.29, 0.717) is 37.8 Å². The summed E-state index contributed by atoms with van der Waals surface area (Å²) in [5.74, 6) is 2.02. The minimum absolute atomic E-state index is 0.117. The lowest BCUT2D eigenvalue weighted by Gasteiger charge is -2.06. The molecule has 0 aromatic carbocycles. The van der Waals surface area contributed by atoms with Gasteiger partial charge in [0.25, 0.3) is 0 Å². The summed E-state index contributed by atoms with van der Waals surface area (Å²) in [7, 11) is -1.47. The molecule has 0 heterocycles. The molecule has 18 heavy (non-hydrogen) atoms. The van der Waals surface area contributed by atoms with Crippen molar-refractivity contribution in [2.45, 2.75) is 34.1 Å². The number of carbonyl (C=O) groups is 1. The highest BCUT2D eigenvalue weighted by atomic mass is 31.1. The van der Waals surface area contributed by atoms with Gasteiger partial charge in [-0.2, -0.15) is 0 Å². The molecule has 106 valence electrons. The van der Waals surface area contributed by atoms with Crippen molar-refractivity contribution in [3.8, 4) is 0 Å². The monoisotopic (exact) mass is 276 g/mol. The van der Waals surface area contributed by atoms with Crippen LogP contribution < -0.4 is 4.89 Å². The number of rotatable bonds is 9. The second-order valence-electron chi connectivity index (χ2n) is 5.07. The predicted octanol–water partition coefficient (Wildman–Crippen LogP) is 1.81. The van der Waals surface area contributed by atoms with E-state index in [0.717, 1.165) is 0 Å². The number of hydrogen-bond donors (Lipinski definition) is 0. The van der Waals surface area contributed by atoms with Crippen molar-refractivity contribution in [1.82, 2.24) is 0 Å². The predicted molar refractivity (Wildman–Crippen MR) is 73.9 cm³/mol. The van der Waals surface area contributed by atoms with Gasteiger partial charge in [-0.1, -0.05) is 27.7 Å². The lowest BCUT2D eigenvalue weighted by Crippen LogP contribution is -2.11. The molecule has 0 fully saturated rings. The number of ether oxygens (including phenoxy) is 2. The maximum Gasteiger partial charge on any atom is 0.313 e. The zero-order chi connectivity index (χ0) is 14.0. The highest BCUT2D eigenvalue weighted by Crippen LogP contribution is 2.10. The fourth-order valence-corrected chi connectivity index (χ4v) is 1.90. The molecule has 0 aliphatic carbocycles. The van der Waals surface area contributed by atoms with Crippen LogP contribution in [0, 0.1) is 11.8 Å². The lowest BCUT2D eigenvalue weighted by molar-refractivity contribution is -0.153. The molecule has 0 amide bonds. The molecule has 0 aromatic heterocycles. The molecule has 0 saturated carbocycles. The summed E-state index contributed by atoms with van der Waals surface area (Å²) in [5.41, 5.74) is 0. The third kappa shape index (κ3) is 12.0. The Balaban J connectivity index is 3.66. The Morgan fingerprint density at radius 3 is 2.39 bits per heavy atom. The summed E-state index contributed by atoms with van der Waals surface area (Å²) >= 11 is 0. The second-order valence-corrected chi connectivity index (χ2v) is 6.72. The van der Waals surface area contributed by atoms with Gasteiger partial charge >= 0.3 is 5.97 Å². The number of hydrogen-bond acceptors (Lipinski definition) is 4. The van der Waals surface area contributed by atoms with Crippen LogP contribution in [-0.2, 0) is 14.3 Å². The summed E-state index contributed by atoms with van der Waals surface area (Å²) in [6.45, 7) is 9.66. The molecule has 0 saturated heterocycles. The normalized spacial score (nSPS) is 12.3. The van der Waals surface area contributed by atoms with E-state index in [-0.39, 0.29) is 12.4 Å². The largest absolute Gasteiger partial charge is 0.631 e. The molecular weight excluding hydrogens is 251 g/mol. The smallest absolute Gasteiger partial charge is 0.313 e. The molecule has 0 aliphatic rings. The highest BCUT2D eigenvalue weighted by Gasteiger charge is 2.05. The average Bonchev–Trinajstić information content (AvgIpc) is 2.29. The number of esters is 1. The van der Waals surface area contributed by atoms with Gasteiger partial charge in [-0.05, 0) is 11.8 Å². The van der Waals surface area contributed by atoms with Gasteiger partial charge in [-0.3, -0.25) is 4.79 Å². The van der Waals surface area contributed by atoms with Crippen LogP contribution in [0.25, 0.3) is 0 Å². The topological polar surface area (TPSA) is 58.6 Å². The van der Waals surface area contributed by atoms with E-state index >= 15 is 0 Å². The first-order valence-electron chi connectivity index (χ1n) is 6.42. The first-order valence-corrected chi connectivity index (χ1v) is 7.93. The lowest BCUT2D eigenvalue weighted by atomic mass is 10.2. The van der Waals surface area contributed by atoms with E-state index in [1.54, 1.807) is 0 Å². The first kappa shape index (κ1) is 17.6. The van der Waals surface area contributed by atoms with Crippen LogP contribution in [0.4, 0.5) is 0 Å². The SMILES string of the molecule is CC(C)COCC[P+]([O-])=CCC(=O)OCC(C)C. The summed E-state index contributed by atoms with van der Waals surface area (Å²) in [6.07, 6.45) is 0.589. The van der Waals surface area contributed by atoms with Crippen LogP contribution >= 0.6 is 7.77 Å². The molecule has 0 spiro atoms. The zero-order valence-corrected chi connectivity index (χ0v) is 12.7. The third-order valence-electron chi connectivity index (χ3n) is 1.95. The van der Waals surface area contributed by atoms with E-state index in [4.69, 9.17) is 9.47 Å². The van der Waals surface area contributed by atoms with Crippen molar-refractivity contribution in [3.05, 3.63) is 0 Å². The van der Waals surface area contributed by atoms with Gasteiger partial charge in [0.1, 0.15) is 12.6 Å². The Labute approximate surface area is 111 Å². The van der Waals surface area contributed by atoms with Crippen LogP contribution in [-0.4, -0.2) is 37.7 Å². The Kier molecular flexibility index (Phi) is 10.2. The third-order valence-corrected chi connectivity index (χ3v) is 3.16. The van der Waals surface area contributed by atoms with Crippen LogP contribution in [0.15, 0.2) is 0 Å². The second kappa shape index (κ2) is 10.5. The molecule has 4 nitrogen and oxygen atoms in total. The van der Waals surface area contributed by atoms with Crippen molar-refractivity contribution in [1.29, 1.82) is 0 Å². The van der Waals surface area contributed by atoms with Crippen molar-refractivity contribution in [3.63, 3.8) is 0 Å². The molecule has 0 aromatic rings. The Bertz CT molecular complexity index is 262. The fourth-order valence-electron chi connectivity index (χ4n) is 1.06. The molecule has 0 N–H and O–H groups in total. The van der Waals surface area contributed by atoms with E-state index in [9.17, 15) is 9.69 Å². The van der Waals surface area contributed by atoms with Gasteiger partial charge < -0.3 is 14.4 Å². The molecule has 0 bridgehead atoms. The molecule has 5 heteroatoms. The summed E-state index contributed by atoms with van der Waals surface area (Å²) in [5, 5.41) is 0. The molecule has 0 radical (unpaired) electrons. The van der Waals surface area contributed by atoms with Gasteiger partial charge in [-0.15, -0.1) is 0 Å². The molecule has 1 unspecified atom stereocenters. The fraction of sp³-hybridized carbons (Fsp3) is 0.846. The van der Waals surface area contributed by atoms with Crippen LogP contribution in [0.5, 0.6) is 0 Å². The quantitative estimate of drug-likeness (QED) is 0.366. The minimum atomic E-state index is -1.47. The van der Waals surface area contributed by atoms with Gasteiger partial charge in [0.05, 0.1) is 19.0 Å². The molecule has 0 aliphatic heterocycles. The van der Waals surface area contributed by atoms with Gasteiger partial charge in [0, 0.05) is 14.4 Å². The Morgan fingerprint density at radius 2 is 1.83 bits per heavy atom. The average molecular weight is 276 g/mol. The van der Waals surface area contributed by atoms with Crippen molar-refractivity contribution < 1.29 is 19.2 Å². The van der Waals surface area contributed by atoms with Gasteiger partial charge in [0.15, 0.2) is 0 Å². The van der Waals surface area contributed by atoms with Crippen LogP contribution in [0.2, 0.25) is 0 Å². The first-order chi connectivity index (χ1) is 8.41. The van der Waals surface area contributed by atoms with Gasteiger partial charge in [-0.25, -0.2) is 0 Å². The summed E-state index contributed by atoms with van der Waals surface area (Å²) < 4.78 is 10.3. The molecule has 1 atom stereocenters. The van der Waals surface area contributed by atoms with E-state index in [2.05, 4.69) is 13.8 Å². The maximum atomic E-state index is 11.5. The minimum Gasteiger partial charge on any atom is -0.631 e. The number of carbonyl (C=O) groups excluding carboxylic acids is 1. The summed E-state index contributed by atoms with van der Waals surface area (Å²) in [4.78, 5) is 22.8. The highest BCUT2D eigenvalue weighted by molar-refractivity contribution is 7.50. The van der Waals surface area contributed by atoms with Crippen molar-refractivity contribution in [2.75, 3.05) is 26.0 Å².